The SMILES string of the molecule is CC/C=C\C/C=C\C/C=C\C/C=C\C/C=C\C/C=C\C/C=C\C/C=C\CCCCCCCCCCCCC(=O)NC(CO)C(O)/C=C/CC/C=C/CCCCCCCCC. The Bertz CT molecular complexity index is 1210. The van der Waals surface area contributed by atoms with E-state index < -0.39 is 12.1 Å². The Balaban J connectivity index is 3.63. The molecule has 0 aliphatic heterocycles. The Morgan fingerprint density at radius 2 is 0.750 bits per heavy atom. The van der Waals surface area contributed by atoms with Gasteiger partial charge < -0.3 is 15.5 Å². The molecule has 0 heterocycles. The second kappa shape index (κ2) is 50.1. The van der Waals surface area contributed by atoms with Crippen molar-refractivity contribution >= 4 is 5.91 Å². The zero-order valence-corrected chi connectivity index (χ0v) is 38.9. The number of hydrogen-bond donors (Lipinski definition) is 3. The summed E-state index contributed by atoms with van der Waals surface area (Å²) in [5.41, 5.74) is 0. The van der Waals surface area contributed by atoms with Crippen molar-refractivity contribution < 1.29 is 15.0 Å². The number of allylic oxidation sites excluding steroid dienone is 19. The van der Waals surface area contributed by atoms with Gasteiger partial charge in [-0.3, -0.25) is 4.79 Å². The predicted octanol–water partition coefficient (Wildman–Crippen LogP) is 16.1. The number of carbonyl (C=O) groups is 1. The summed E-state index contributed by atoms with van der Waals surface area (Å²) in [5.74, 6) is -0.0852. The largest absolute Gasteiger partial charge is 0.394 e. The highest BCUT2D eigenvalue weighted by Gasteiger charge is 2.17. The molecule has 0 saturated heterocycles. The summed E-state index contributed by atoms with van der Waals surface area (Å²) in [6.07, 6.45) is 77.5. The van der Waals surface area contributed by atoms with E-state index in [0.717, 1.165) is 89.9 Å². The zero-order chi connectivity index (χ0) is 43.5. The van der Waals surface area contributed by atoms with Gasteiger partial charge in [-0.25, -0.2) is 0 Å². The number of amides is 1. The van der Waals surface area contributed by atoms with Crippen molar-refractivity contribution in [2.24, 2.45) is 0 Å². The van der Waals surface area contributed by atoms with Crippen molar-refractivity contribution in [2.75, 3.05) is 6.61 Å². The van der Waals surface area contributed by atoms with Crippen molar-refractivity contribution in [1.82, 2.24) is 5.32 Å². The Morgan fingerprint density at radius 1 is 0.417 bits per heavy atom. The van der Waals surface area contributed by atoms with Gasteiger partial charge in [-0.05, 0) is 96.3 Å². The van der Waals surface area contributed by atoms with Crippen molar-refractivity contribution in [3.63, 3.8) is 0 Å². The van der Waals surface area contributed by atoms with E-state index >= 15 is 0 Å². The van der Waals surface area contributed by atoms with Gasteiger partial charge in [-0.15, -0.1) is 0 Å². The van der Waals surface area contributed by atoms with E-state index in [0.29, 0.717) is 6.42 Å². The molecular weight excluding hydrogens is 735 g/mol. The van der Waals surface area contributed by atoms with Crippen LogP contribution in [0.25, 0.3) is 0 Å². The summed E-state index contributed by atoms with van der Waals surface area (Å²) in [5, 5.41) is 23.0. The van der Waals surface area contributed by atoms with Gasteiger partial charge in [0.1, 0.15) is 0 Å². The van der Waals surface area contributed by atoms with Gasteiger partial charge in [0, 0.05) is 6.42 Å². The van der Waals surface area contributed by atoms with Crippen LogP contribution in [0, 0.1) is 0 Å². The van der Waals surface area contributed by atoms with Gasteiger partial charge in [-0.2, -0.15) is 0 Å². The second-order valence-corrected chi connectivity index (χ2v) is 16.1. The minimum Gasteiger partial charge on any atom is -0.394 e. The highest BCUT2D eigenvalue weighted by atomic mass is 16.3. The van der Waals surface area contributed by atoms with Crippen molar-refractivity contribution in [2.45, 2.75) is 219 Å². The number of aliphatic hydroxyl groups excluding tert-OH is 2. The smallest absolute Gasteiger partial charge is 0.220 e. The predicted molar refractivity (Wildman–Crippen MR) is 266 cm³/mol. The second-order valence-electron chi connectivity index (χ2n) is 16.1. The maximum atomic E-state index is 12.4. The fourth-order valence-electron chi connectivity index (χ4n) is 6.68. The van der Waals surface area contributed by atoms with E-state index in [1.807, 2.05) is 6.08 Å². The standard InChI is InChI=1S/C56H93NO3/c1-3-5-7-9-11-13-15-17-18-19-20-21-22-23-24-25-26-27-28-29-30-31-32-33-34-35-36-37-38-40-42-44-46-48-50-52-56(60)57-54(53-58)55(59)51-49-47-45-43-41-39-16-14-12-10-8-6-4-2/h5,7,11,13,17-18,20-21,23-24,26-27,29-30,32-33,41,43,49,51,54-55,58-59H,3-4,6,8-10,12,14-16,19,22,25,28,31,34-40,42,44-48,50,52-53H2,1-2H3,(H,57,60)/b7-5-,13-11-,18-17-,21-20-,24-23-,27-26-,30-29-,33-32-,43-41+,51-49+. The average molecular weight is 828 g/mol. The molecular formula is C56H93NO3. The molecule has 2 atom stereocenters. The molecule has 0 aromatic heterocycles. The molecule has 4 nitrogen and oxygen atoms in total. The van der Waals surface area contributed by atoms with Crippen molar-refractivity contribution in [3.8, 4) is 0 Å². The van der Waals surface area contributed by atoms with Gasteiger partial charge in [0.2, 0.25) is 5.91 Å². The molecule has 0 saturated carbocycles. The van der Waals surface area contributed by atoms with E-state index in [1.165, 1.54) is 96.3 Å². The highest BCUT2D eigenvalue weighted by Crippen LogP contribution is 2.13. The molecule has 0 bridgehead atoms. The number of nitrogens with one attached hydrogen (secondary N) is 1. The van der Waals surface area contributed by atoms with Crippen molar-refractivity contribution in [3.05, 3.63) is 122 Å². The lowest BCUT2D eigenvalue weighted by Gasteiger charge is -2.19. The molecule has 340 valence electrons. The van der Waals surface area contributed by atoms with Crippen LogP contribution in [-0.2, 0) is 4.79 Å². The van der Waals surface area contributed by atoms with Crippen LogP contribution < -0.4 is 5.32 Å². The molecule has 0 aliphatic carbocycles. The summed E-state index contributed by atoms with van der Waals surface area (Å²) in [6, 6.07) is -0.648. The van der Waals surface area contributed by atoms with Gasteiger partial charge >= 0.3 is 0 Å². The normalized spacial score (nSPS) is 14.0. The number of rotatable bonds is 43. The van der Waals surface area contributed by atoms with Crippen LogP contribution in [0.2, 0.25) is 0 Å². The first kappa shape index (κ1) is 56.8. The minimum atomic E-state index is -0.870. The zero-order valence-electron chi connectivity index (χ0n) is 38.9. The topological polar surface area (TPSA) is 69.6 Å². The number of hydrogen-bond acceptors (Lipinski definition) is 3. The monoisotopic (exact) mass is 828 g/mol. The molecule has 0 aromatic rings. The van der Waals surface area contributed by atoms with Crippen LogP contribution in [0.4, 0.5) is 0 Å². The van der Waals surface area contributed by atoms with Gasteiger partial charge in [0.15, 0.2) is 0 Å². The first-order valence-corrected chi connectivity index (χ1v) is 24.7. The minimum absolute atomic E-state index is 0.0852. The lowest BCUT2D eigenvalue weighted by Crippen LogP contribution is -2.45. The fraction of sp³-hybridized carbons (Fsp3) is 0.625. The van der Waals surface area contributed by atoms with Gasteiger partial charge in [0.25, 0.3) is 0 Å². The highest BCUT2D eigenvalue weighted by molar-refractivity contribution is 5.76. The van der Waals surface area contributed by atoms with E-state index in [-0.39, 0.29) is 12.5 Å². The third-order valence-electron chi connectivity index (χ3n) is 10.4. The van der Waals surface area contributed by atoms with E-state index in [4.69, 9.17) is 0 Å². The van der Waals surface area contributed by atoms with Crippen LogP contribution in [0.3, 0.4) is 0 Å². The third kappa shape index (κ3) is 45.9. The van der Waals surface area contributed by atoms with E-state index in [9.17, 15) is 15.0 Å². The maximum Gasteiger partial charge on any atom is 0.220 e. The maximum absolute atomic E-state index is 12.4. The van der Waals surface area contributed by atoms with Gasteiger partial charge in [-0.1, -0.05) is 225 Å². The number of unbranched alkanes of at least 4 members (excludes halogenated alkanes) is 18. The van der Waals surface area contributed by atoms with Crippen LogP contribution in [0.15, 0.2) is 122 Å². The Morgan fingerprint density at radius 3 is 1.17 bits per heavy atom. The summed E-state index contributed by atoms with van der Waals surface area (Å²) in [4.78, 5) is 12.4. The summed E-state index contributed by atoms with van der Waals surface area (Å²) in [6.45, 7) is 4.15. The number of aliphatic hydroxyl groups is 2. The van der Waals surface area contributed by atoms with E-state index in [1.54, 1.807) is 6.08 Å². The molecule has 0 rings (SSSR count). The molecule has 0 radical (unpaired) electrons. The average Bonchev–Trinajstić information content (AvgIpc) is 3.25. The molecule has 0 aliphatic rings. The van der Waals surface area contributed by atoms with Gasteiger partial charge in [0.05, 0.1) is 18.8 Å². The molecule has 0 spiro atoms. The first-order valence-electron chi connectivity index (χ1n) is 24.7. The summed E-state index contributed by atoms with van der Waals surface area (Å²) in [7, 11) is 0. The molecule has 0 aromatic carbocycles. The Labute approximate surface area is 371 Å². The molecule has 4 heteroatoms. The quantitative estimate of drug-likeness (QED) is 0.0424. The van der Waals surface area contributed by atoms with Crippen molar-refractivity contribution in [1.29, 1.82) is 0 Å². The Hall–Kier alpha value is -3.21. The van der Waals surface area contributed by atoms with Crippen LogP contribution in [0.1, 0.15) is 206 Å². The molecule has 0 fully saturated rings. The molecule has 60 heavy (non-hydrogen) atoms. The lowest BCUT2D eigenvalue weighted by atomic mass is 10.0. The third-order valence-corrected chi connectivity index (χ3v) is 10.4. The molecule has 1 amide bonds. The summed E-state index contributed by atoms with van der Waals surface area (Å²) >= 11 is 0. The van der Waals surface area contributed by atoms with Crippen LogP contribution in [-0.4, -0.2) is 34.9 Å². The Kier molecular flexibility index (Phi) is 47.5. The number of carbonyl (C=O) groups excluding carboxylic acids is 1. The van der Waals surface area contributed by atoms with Crippen LogP contribution >= 0.6 is 0 Å². The molecule has 3 N–H and O–H groups in total. The fourth-order valence-corrected chi connectivity index (χ4v) is 6.68. The summed E-state index contributed by atoms with van der Waals surface area (Å²) < 4.78 is 0. The first-order chi connectivity index (χ1) is 29.7. The van der Waals surface area contributed by atoms with Crippen LogP contribution in [0.5, 0.6) is 0 Å². The lowest BCUT2D eigenvalue weighted by molar-refractivity contribution is -0.123. The molecule has 2 unspecified atom stereocenters. The van der Waals surface area contributed by atoms with E-state index in [2.05, 4.69) is 129 Å².